The standard InChI is InChI=1S/C24H27N3O4S/c1-4-31-23(29)20-21(16-10-12-17(32-3)13-11-16)27-19-9-6-5-8-18(19)25-24(27)26(22(20)28)14-7-15-30-2/h5-6,8-13,20-21H,4,7,14-15H2,1-3H3/t20-,21-/m1/s1. The molecule has 1 aliphatic rings. The van der Waals surface area contributed by atoms with E-state index < -0.39 is 17.9 Å². The van der Waals surface area contributed by atoms with Crippen LogP contribution in [0.4, 0.5) is 5.95 Å². The van der Waals surface area contributed by atoms with Gasteiger partial charge >= 0.3 is 5.97 Å². The van der Waals surface area contributed by atoms with E-state index in [4.69, 9.17) is 14.5 Å². The maximum absolute atomic E-state index is 13.7. The first-order valence-electron chi connectivity index (χ1n) is 10.7. The predicted octanol–water partition coefficient (Wildman–Crippen LogP) is 3.91. The molecular weight excluding hydrogens is 426 g/mol. The number of carbonyl (C=O) groups excluding carboxylic acids is 2. The Hall–Kier alpha value is -2.84. The molecule has 7 nitrogen and oxygen atoms in total. The Morgan fingerprint density at radius 3 is 2.59 bits per heavy atom. The van der Waals surface area contributed by atoms with Crippen molar-refractivity contribution in [3.05, 3.63) is 54.1 Å². The third-order valence-corrected chi connectivity index (χ3v) is 6.42. The van der Waals surface area contributed by atoms with E-state index in [1.807, 2.05) is 59.4 Å². The predicted molar refractivity (Wildman–Crippen MR) is 125 cm³/mol. The van der Waals surface area contributed by atoms with E-state index in [1.165, 1.54) is 0 Å². The number of methoxy groups -OCH3 is 1. The van der Waals surface area contributed by atoms with Crippen LogP contribution >= 0.6 is 11.8 Å². The summed E-state index contributed by atoms with van der Waals surface area (Å²) in [4.78, 5) is 34.3. The van der Waals surface area contributed by atoms with Gasteiger partial charge in [0.1, 0.15) is 0 Å². The number of amides is 1. The SMILES string of the molecule is CCOC(=O)[C@H]1C(=O)N(CCCOC)c2nc3ccccc3n2[C@@H]1c1ccc(SC)cc1. The summed E-state index contributed by atoms with van der Waals surface area (Å²) in [5.41, 5.74) is 2.53. The number of imidazole rings is 1. The molecule has 0 unspecified atom stereocenters. The molecule has 2 aromatic carbocycles. The second-order valence-electron chi connectivity index (χ2n) is 7.55. The van der Waals surface area contributed by atoms with Gasteiger partial charge in [-0.25, -0.2) is 4.98 Å². The third kappa shape index (κ3) is 4.00. The highest BCUT2D eigenvalue weighted by Gasteiger charge is 2.47. The summed E-state index contributed by atoms with van der Waals surface area (Å²) >= 11 is 1.64. The Labute approximate surface area is 191 Å². The molecule has 32 heavy (non-hydrogen) atoms. The zero-order valence-corrected chi connectivity index (χ0v) is 19.3. The van der Waals surface area contributed by atoms with E-state index in [0.717, 1.165) is 21.5 Å². The zero-order valence-electron chi connectivity index (χ0n) is 18.5. The van der Waals surface area contributed by atoms with Crippen molar-refractivity contribution in [1.29, 1.82) is 0 Å². The molecule has 4 rings (SSSR count). The minimum Gasteiger partial charge on any atom is -0.465 e. The number of esters is 1. The molecule has 0 saturated carbocycles. The van der Waals surface area contributed by atoms with Crippen LogP contribution in [0.1, 0.15) is 24.9 Å². The van der Waals surface area contributed by atoms with Gasteiger partial charge in [0, 0.05) is 25.2 Å². The van der Waals surface area contributed by atoms with E-state index in [2.05, 4.69) is 0 Å². The Morgan fingerprint density at radius 1 is 1.16 bits per heavy atom. The quantitative estimate of drug-likeness (QED) is 0.223. The molecule has 0 N–H and O–H groups in total. The Balaban J connectivity index is 1.92. The highest BCUT2D eigenvalue weighted by Crippen LogP contribution is 2.41. The van der Waals surface area contributed by atoms with Gasteiger partial charge in [-0.05, 0) is 49.4 Å². The molecule has 0 bridgehead atoms. The Morgan fingerprint density at radius 2 is 1.91 bits per heavy atom. The fourth-order valence-corrected chi connectivity index (χ4v) is 4.64. The van der Waals surface area contributed by atoms with Crippen molar-refractivity contribution in [3.63, 3.8) is 0 Å². The molecule has 0 fully saturated rings. The summed E-state index contributed by atoms with van der Waals surface area (Å²) in [5, 5.41) is 0. The van der Waals surface area contributed by atoms with Crippen molar-refractivity contribution in [2.75, 3.05) is 38.0 Å². The lowest BCUT2D eigenvalue weighted by Crippen LogP contribution is -2.50. The summed E-state index contributed by atoms with van der Waals surface area (Å²) in [6, 6.07) is 15.2. The van der Waals surface area contributed by atoms with E-state index in [9.17, 15) is 9.59 Å². The van der Waals surface area contributed by atoms with Crippen LogP contribution in [0.15, 0.2) is 53.4 Å². The average Bonchev–Trinajstić information content (AvgIpc) is 3.19. The van der Waals surface area contributed by atoms with Gasteiger partial charge in [-0.15, -0.1) is 11.8 Å². The lowest BCUT2D eigenvalue weighted by molar-refractivity contribution is -0.153. The Bertz CT molecular complexity index is 1110. The Kier molecular flexibility index (Phi) is 6.81. The number of ether oxygens (including phenoxy) is 2. The number of para-hydroxylation sites is 2. The molecule has 0 aliphatic carbocycles. The first kappa shape index (κ1) is 22.4. The molecule has 8 heteroatoms. The number of fused-ring (bicyclic) bond motifs is 3. The minimum absolute atomic E-state index is 0.210. The van der Waals surface area contributed by atoms with Crippen LogP contribution in [-0.4, -0.2) is 54.6 Å². The van der Waals surface area contributed by atoms with Crippen molar-refractivity contribution in [2.24, 2.45) is 5.92 Å². The molecular formula is C24H27N3O4S. The van der Waals surface area contributed by atoms with Crippen molar-refractivity contribution in [3.8, 4) is 0 Å². The summed E-state index contributed by atoms with van der Waals surface area (Å²) in [6.07, 6.45) is 2.65. The van der Waals surface area contributed by atoms with Gasteiger partial charge < -0.3 is 14.0 Å². The lowest BCUT2D eigenvalue weighted by Gasteiger charge is -2.38. The van der Waals surface area contributed by atoms with Gasteiger partial charge in [-0.3, -0.25) is 14.5 Å². The fourth-order valence-electron chi connectivity index (χ4n) is 4.23. The molecule has 0 radical (unpaired) electrons. The van der Waals surface area contributed by atoms with Crippen LogP contribution < -0.4 is 4.90 Å². The summed E-state index contributed by atoms with van der Waals surface area (Å²) in [7, 11) is 1.63. The third-order valence-electron chi connectivity index (χ3n) is 5.67. The number of hydrogen-bond acceptors (Lipinski definition) is 6. The fraction of sp³-hybridized carbons (Fsp3) is 0.375. The number of thioether (sulfide) groups is 1. The zero-order chi connectivity index (χ0) is 22.7. The molecule has 0 saturated heterocycles. The normalized spacial score (nSPS) is 18.1. The summed E-state index contributed by atoms with van der Waals surface area (Å²) < 4.78 is 12.6. The molecule has 1 aliphatic heterocycles. The molecule has 1 aromatic heterocycles. The largest absolute Gasteiger partial charge is 0.465 e. The maximum Gasteiger partial charge on any atom is 0.321 e. The number of anilines is 1. The second-order valence-corrected chi connectivity index (χ2v) is 8.43. The van der Waals surface area contributed by atoms with Crippen LogP contribution in [0.25, 0.3) is 11.0 Å². The van der Waals surface area contributed by atoms with E-state index in [1.54, 1.807) is 30.7 Å². The van der Waals surface area contributed by atoms with E-state index in [0.29, 0.717) is 25.5 Å². The van der Waals surface area contributed by atoms with Gasteiger partial charge in [-0.1, -0.05) is 24.3 Å². The van der Waals surface area contributed by atoms with Crippen LogP contribution in [0.3, 0.4) is 0 Å². The smallest absolute Gasteiger partial charge is 0.321 e. The second kappa shape index (κ2) is 9.75. The van der Waals surface area contributed by atoms with Gasteiger partial charge in [0.15, 0.2) is 5.92 Å². The number of aromatic nitrogens is 2. The highest BCUT2D eigenvalue weighted by molar-refractivity contribution is 7.98. The minimum atomic E-state index is -0.997. The molecule has 3 aromatic rings. The molecule has 1 amide bonds. The van der Waals surface area contributed by atoms with Crippen LogP contribution in [0.2, 0.25) is 0 Å². The first-order chi connectivity index (χ1) is 15.6. The van der Waals surface area contributed by atoms with Crippen molar-refractivity contribution >= 4 is 40.6 Å². The molecule has 168 valence electrons. The van der Waals surface area contributed by atoms with Crippen molar-refractivity contribution < 1.29 is 19.1 Å². The topological polar surface area (TPSA) is 73.7 Å². The van der Waals surface area contributed by atoms with E-state index >= 15 is 0 Å². The summed E-state index contributed by atoms with van der Waals surface area (Å²) in [6.45, 7) is 2.88. The van der Waals surface area contributed by atoms with Crippen molar-refractivity contribution in [2.45, 2.75) is 24.3 Å². The van der Waals surface area contributed by atoms with Crippen molar-refractivity contribution in [1.82, 2.24) is 9.55 Å². The lowest BCUT2D eigenvalue weighted by atomic mass is 9.89. The van der Waals surface area contributed by atoms with Gasteiger partial charge in [0.05, 0.1) is 23.7 Å². The van der Waals surface area contributed by atoms with Gasteiger partial charge in [0.25, 0.3) is 0 Å². The average molecular weight is 454 g/mol. The molecule has 2 atom stereocenters. The van der Waals surface area contributed by atoms with Gasteiger partial charge in [-0.2, -0.15) is 0 Å². The number of benzene rings is 2. The first-order valence-corrected chi connectivity index (χ1v) is 11.9. The van der Waals surface area contributed by atoms with Crippen LogP contribution in [0.5, 0.6) is 0 Å². The van der Waals surface area contributed by atoms with E-state index in [-0.39, 0.29) is 12.5 Å². The summed E-state index contributed by atoms with van der Waals surface area (Å²) in [5.74, 6) is -1.26. The molecule has 0 spiro atoms. The number of hydrogen-bond donors (Lipinski definition) is 0. The number of nitrogens with zero attached hydrogens (tertiary/aromatic N) is 3. The number of carbonyl (C=O) groups is 2. The van der Waals surface area contributed by atoms with Crippen LogP contribution in [-0.2, 0) is 19.1 Å². The highest BCUT2D eigenvalue weighted by atomic mass is 32.2. The van der Waals surface area contributed by atoms with Crippen LogP contribution in [0, 0.1) is 5.92 Å². The monoisotopic (exact) mass is 453 g/mol. The maximum atomic E-state index is 13.7. The van der Waals surface area contributed by atoms with Gasteiger partial charge in [0.2, 0.25) is 11.9 Å². The molecule has 2 heterocycles. The number of rotatable bonds is 8.